The summed E-state index contributed by atoms with van der Waals surface area (Å²) in [4.78, 5) is 12.7. The summed E-state index contributed by atoms with van der Waals surface area (Å²) in [6.45, 7) is 8.91. The number of hydrogen-bond acceptors (Lipinski definition) is 2. The molecule has 0 unspecified atom stereocenters. The van der Waals surface area contributed by atoms with E-state index in [2.05, 4.69) is 290 Å². The zero-order valence-electron chi connectivity index (χ0n) is 43.9. The van der Waals surface area contributed by atoms with Crippen LogP contribution in [0.2, 0.25) is 10.0 Å². The van der Waals surface area contributed by atoms with Crippen molar-refractivity contribution in [1.29, 1.82) is 0 Å². The van der Waals surface area contributed by atoms with E-state index in [1.165, 1.54) is 11.1 Å². The molecule has 0 aliphatic rings. The average Bonchev–Trinajstić information content (AvgIpc) is 4.17. The van der Waals surface area contributed by atoms with Crippen LogP contribution in [0, 0.1) is 0 Å². The van der Waals surface area contributed by atoms with Crippen LogP contribution in [-0.4, -0.2) is 9.97 Å². The summed E-state index contributed by atoms with van der Waals surface area (Å²) in [6, 6.07) is 86.4. The van der Waals surface area contributed by atoms with Gasteiger partial charge in [0, 0.05) is 89.0 Å². The quantitative estimate of drug-likeness (QED) is 0.128. The van der Waals surface area contributed by atoms with Crippen LogP contribution in [-0.2, 0) is 0 Å². The number of anilines is 6. The summed E-state index contributed by atoms with van der Waals surface area (Å²) in [7, 11) is 0. The van der Waals surface area contributed by atoms with Crippen LogP contribution in [0.25, 0.3) is 88.1 Å². The first kappa shape index (κ1) is 48.8. The number of benzene rings is 11. The largest absolute Gasteiger partial charge is 0.353 e. The Morgan fingerprint density at radius 3 is 0.987 bits per heavy atom. The maximum Gasteiger partial charge on any atom is 0.0558 e. The van der Waals surface area contributed by atoms with E-state index in [0.717, 1.165) is 122 Å². The Bertz CT molecular complexity index is 4030. The molecule has 13 rings (SSSR count). The molecule has 0 bridgehead atoms. The highest BCUT2D eigenvalue weighted by atomic mass is 35.5. The molecule has 4 nitrogen and oxygen atoms in total. The molecule has 2 aromatic heterocycles. The van der Waals surface area contributed by atoms with Crippen molar-refractivity contribution in [2.45, 2.75) is 39.5 Å². The predicted octanol–water partition coefficient (Wildman–Crippen LogP) is 22.1. The van der Waals surface area contributed by atoms with Crippen molar-refractivity contribution in [3.63, 3.8) is 0 Å². The third kappa shape index (κ3) is 8.59. The highest BCUT2D eigenvalue weighted by molar-refractivity contribution is 6.37. The molecule has 78 heavy (non-hydrogen) atoms. The lowest BCUT2D eigenvalue weighted by atomic mass is 9.89. The minimum Gasteiger partial charge on any atom is -0.353 e. The number of aromatic nitrogens is 2. The maximum atomic E-state index is 7.55. The minimum absolute atomic E-state index is 0.435. The molecule has 0 saturated heterocycles. The lowest BCUT2D eigenvalue weighted by molar-refractivity contribution is 0.866. The van der Waals surface area contributed by atoms with E-state index >= 15 is 0 Å². The second kappa shape index (κ2) is 20.3. The number of para-hydroxylation sites is 4. The zero-order chi connectivity index (χ0) is 53.0. The normalized spacial score (nSPS) is 11.7. The van der Waals surface area contributed by atoms with Gasteiger partial charge in [0.1, 0.15) is 0 Å². The number of aromatic amines is 2. The van der Waals surface area contributed by atoms with Gasteiger partial charge in [-0.15, -0.1) is 0 Å². The van der Waals surface area contributed by atoms with Gasteiger partial charge in [-0.25, -0.2) is 0 Å². The molecule has 378 valence electrons. The Balaban J connectivity index is 1.00. The van der Waals surface area contributed by atoms with E-state index in [-0.39, 0.29) is 0 Å². The van der Waals surface area contributed by atoms with E-state index in [9.17, 15) is 0 Å². The molecule has 0 spiro atoms. The van der Waals surface area contributed by atoms with Crippen molar-refractivity contribution >= 4 is 101 Å². The van der Waals surface area contributed by atoms with E-state index in [1.807, 2.05) is 0 Å². The molecule has 0 radical (unpaired) electrons. The van der Waals surface area contributed by atoms with Gasteiger partial charge in [0.25, 0.3) is 0 Å². The molecule has 11 aromatic carbocycles. The first-order chi connectivity index (χ1) is 38.2. The fraction of sp³-hybridized carbons (Fsp3) is 0.0833. The Morgan fingerprint density at radius 2 is 0.641 bits per heavy atom. The Hall–Kier alpha value is -8.80. The van der Waals surface area contributed by atoms with Gasteiger partial charge in [0.2, 0.25) is 0 Å². The summed E-state index contributed by atoms with van der Waals surface area (Å²) < 4.78 is 0. The second-order valence-electron chi connectivity index (χ2n) is 20.9. The van der Waals surface area contributed by atoms with E-state index in [0.29, 0.717) is 21.9 Å². The average molecular weight is 1050 g/mol. The van der Waals surface area contributed by atoms with Gasteiger partial charge in [-0.1, -0.05) is 221 Å². The van der Waals surface area contributed by atoms with Crippen molar-refractivity contribution in [3.8, 4) is 44.5 Å². The van der Waals surface area contributed by atoms with Gasteiger partial charge >= 0.3 is 0 Å². The van der Waals surface area contributed by atoms with Crippen LogP contribution in [0.4, 0.5) is 34.1 Å². The fourth-order valence-electron chi connectivity index (χ4n) is 11.6. The smallest absolute Gasteiger partial charge is 0.0558 e. The Morgan fingerprint density at radius 1 is 0.308 bits per heavy atom. The SMILES string of the molecule is CC(C)c1ccc(N(c2ccccc2)c2ccc(-c3cccc4c3[nH]c3c(-c5ccccc5)c5c([nH]c6c(-c7ccc(N(c8ccccc8)c8ccc(C(C)C)cc8)cc7Cl)cccc65)c(-c5ccccc5)c34)c(Cl)c2)cc1. The van der Waals surface area contributed by atoms with Gasteiger partial charge < -0.3 is 19.8 Å². The number of fused-ring (bicyclic) bond motifs is 6. The van der Waals surface area contributed by atoms with E-state index in [1.54, 1.807) is 0 Å². The maximum absolute atomic E-state index is 7.55. The number of rotatable bonds is 12. The van der Waals surface area contributed by atoms with Crippen LogP contribution in [0.15, 0.2) is 243 Å². The summed E-state index contributed by atoms with van der Waals surface area (Å²) in [6.07, 6.45) is 0. The molecule has 0 saturated carbocycles. The molecule has 0 aliphatic carbocycles. The molecular formula is C72H56Cl2N4. The van der Waals surface area contributed by atoms with E-state index < -0.39 is 0 Å². The van der Waals surface area contributed by atoms with Gasteiger partial charge in [0.15, 0.2) is 0 Å². The van der Waals surface area contributed by atoms with Crippen molar-refractivity contribution in [1.82, 2.24) is 9.97 Å². The Kier molecular flexibility index (Phi) is 12.7. The van der Waals surface area contributed by atoms with Crippen molar-refractivity contribution < 1.29 is 0 Å². The van der Waals surface area contributed by atoms with Crippen LogP contribution in [0.5, 0.6) is 0 Å². The van der Waals surface area contributed by atoms with Crippen LogP contribution >= 0.6 is 23.2 Å². The number of hydrogen-bond donors (Lipinski definition) is 2. The number of nitrogens with zero attached hydrogens (tertiary/aromatic N) is 2. The second-order valence-corrected chi connectivity index (χ2v) is 21.7. The van der Waals surface area contributed by atoms with Crippen LogP contribution < -0.4 is 9.80 Å². The zero-order valence-corrected chi connectivity index (χ0v) is 45.4. The highest BCUT2D eigenvalue weighted by Crippen LogP contribution is 2.52. The number of nitrogens with one attached hydrogen (secondary N) is 2. The standard InChI is InChI=1S/C72H56Cl2N4/c1-45(2)47-31-35-53(36-32-47)77(51-23-13-7-14-24-51)55-39-41-57(63(73)43-55)59-27-17-29-61-67-65(49-19-9-5-10-20-49)72-68(66(71(67)75-69(59)61)50-21-11-6-12-22-50)62-30-18-28-60(70(62)76-72)58-42-40-56(44-64(58)74)78(52-25-15-8-16-26-52)54-37-33-48(34-38-54)46(3)4/h5-46,75-76H,1-4H3. The molecule has 0 atom stereocenters. The van der Waals surface area contributed by atoms with Crippen molar-refractivity contribution in [2.24, 2.45) is 0 Å². The first-order valence-electron chi connectivity index (χ1n) is 26.9. The van der Waals surface area contributed by atoms with Crippen molar-refractivity contribution in [3.05, 3.63) is 264 Å². The van der Waals surface area contributed by atoms with Gasteiger partial charge in [0.05, 0.1) is 32.1 Å². The summed E-state index contributed by atoms with van der Waals surface area (Å²) in [5, 5.41) is 5.81. The molecule has 2 N–H and O–H groups in total. The molecule has 6 heteroatoms. The molecule has 0 amide bonds. The van der Waals surface area contributed by atoms with Crippen molar-refractivity contribution in [2.75, 3.05) is 9.80 Å². The lowest BCUT2D eigenvalue weighted by Crippen LogP contribution is -2.10. The van der Waals surface area contributed by atoms with Gasteiger partial charge in [-0.2, -0.15) is 0 Å². The van der Waals surface area contributed by atoms with Crippen LogP contribution in [0.1, 0.15) is 50.7 Å². The predicted molar refractivity (Wildman–Crippen MR) is 334 cm³/mol. The molecule has 0 aliphatic heterocycles. The van der Waals surface area contributed by atoms with Gasteiger partial charge in [-0.3, -0.25) is 0 Å². The third-order valence-electron chi connectivity index (χ3n) is 15.5. The Labute approximate surface area is 465 Å². The summed E-state index contributed by atoms with van der Waals surface area (Å²) in [5.41, 5.74) is 21.4. The molecule has 2 heterocycles. The minimum atomic E-state index is 0.435. The molecule has 0 fully saturated rings. The number of H-pyrrole nitrogens is 2. The fourth-order valence-corrected chi connectivity index (χ4v) is 12.2. The van der Waals surface area contributed by atoms with E-state index in [4.69, 9.17) is 23.2 Å². The summed E-state index contributed by atoms with van der Waals surface area (Å²) >= 11 is 15.1. The van der Waals surface area contributed by atoms with Gasteiger partial charge in [-0.05, 0) is 107 Å². The molecule has 13 aromatic rings. The molecular weight excluding hydrogens is 992 g/mol. The highest BCUT2D eigenvalue weighted by Gasteiger charge is 2.27. The number of halogens is 2. The third-order valence-corrected chi connectivity index (χ3v) is 16.1. The summed E-state index contributed by atoms with van der Waals surface area (Å²) in [5.74, 6) is 0.871. The first-order valence-corrected chi connectivity index (χ1v) is 27.6. The van der Waals surface area contributed by atoms with Crippen LogP contribution in [0.3, 0.4) is 0 Å². The monoisotopic (exact) mass is 1050 g/mol. The lowest BCUT2D eigenvalue weighted by Gasteiger charge is -2.26. The topological polar surface area (TPSA) is 38.1 Å².